The molecule has 0 saturated carbocycles. The van der Waals surface area contributed by atoms with Gasteiger partial charge in [0.1, 0.15) is 5.75 Å². The fourth-order valence-corrected chi connectivity index (χ4v) is 1.57. The Morgan fingerprint density at radius 2 is 2.09 bits per heavy atom. The van der Waals surface area contributed by atoms with Gasteiger partial charge in [-0.05, 0) is 40.5 Å². The van der Waals surface area contributed by atoms with Crippen LogP contribution in [0.3, 0.4) is 0 Å². The Hall–Kier alpha value is -0.150. The van der Waals surface area contributed by atoms with Crippen molar-refractivity contribution in [1.29, 1.82) is 0 Å². The minimum Gasteiger partial charge on any atom is -0.496 e. The molecule has 0 aromatic heterocycles. The number of thiol groups is 1. The van der Waals surface area contributed by atoms with E-state index >= 15 is 0 Å². The van der Waals surface area contributed by atoms with Crippen molar-refractivity contribution < 1.29 is 4.74 Å². The summed E-state index contributed by atoms with van der Waals surface area (Å²) in [4.78, 5) is 0.904. The second-order valence-electron chi connectivity index (χ2n) is 2.30. The van der Waals surface area contributed by atoms with Gasteiger partial charge in [0.25, 0.3) is 0 Å². The molecule has 1 aromatic rings. The minimum absolute atomic E-state index is 0.829. The molecule has 0 aliphatic rings. The molecule has 0 aliphatic heterocycles. The van der Waals surface area contributed by atoms with Gasteiger partial charge in [-0.25, -0.2) is 0 Å². The largest absolute Gasteiger partial charge is 0.496 e. The first-order chi connectivity index (χ1) is 5.15. The first-order valence-corrected chi connectivity index (χ1v) is 4.42. The van der Waals surface area contributed by atoms with Gasteiger partial charge in [0.2, 0.25) is 0 Å². The third-order valence-corrected chi connectivity index (χ3v) is 2.86. The maximum Gasteiger partial charge on any atom is 0.134 e. The fourth-order valence-electron chi connectivity index (χ4n) is 0.866. The van der Waals surface area contributed by atoms with Crippen molar-refractivity contribution in [3.63, 3.8) is 0 Å². The van der Waals surface area contributed by atoms with Crippen LogP contribution in [0.4, 0.5) is 0 Å². The van der Waals surface area contributed by atoms with Gasteiger partial charge in [-0.2, -0.15) is 0 Å². The third-order valence-electron chi connectivity index (χ3n) is 1.38. The predicted octanol–water partition coefficient (Wildman–Crippen LogP) is 3.05. The third kappa shape index (κ3) is 1.91. The van der Waals surface area contributed by atoms with Crippen LogP contribution < -0.4 is 4.74 Å². The van der Waals surface area contributed by atoms with Crippen LogP contribution in [0.15, 0.2) is 21.5 Å². The van der Waals surface area contributed by atoms with Crippen LogP contribution in [-0.4, -0.2) is 7.11 Å². The second kappa shape index (κ2) is 3.50. The lowest BCUT2D eigenvalue weighted by Gasteiger charge is -2.06. The second-order valence-corrected chi connectivity index (χ2v) is 3.58. The predicted molar refractivity (Wildman–Crippen MR) is 52.7 cm³/mol. The van der Waals surface area contributed by atoms with Crippen molar-refractivity contribution in [2.24, 2.45) is 0 Å². The van der Waals surface area contributed by atoms with E-state index in [4.69, 9.17) is 4.74 Å². The first-order valence-electron chi connectivity index (χ1n) is 3.18. The molecule has 3 heteroatoms. The molecular formula is C8H9BrOS. The van der Waals surface area contributed by atoms with Gasteiger partial charge in [-0.15, -0.1) is 12.6 Å². The van der Waals surface area contributed by atoms with Gasteiger partial charge in [0, 0.05) is 4.90 Å². The summed E-state index contributed by atoms with van der Waals surface area (Å²) in [7, 11) is 1.65. The molecule has 0 fully saturated rings. The highest BCUT2D eigenvalue weighted by Crippen LogP contribution is 2.31. The van der Waals surface area contributed by atoms with E-state index in [9.17, 15) is 0 Å². The molecular weight excluding hydrogens is 224 g/mol. The average molecular weight is 233 g/mol. The molecule has 11 heavy (non-hydrogen) atoms. The quantitative estimate of drug-likeness (QED) is 0.733. The molecule has 0 unspecified atom stereocenters. The number of hydrogen-bond donors (Lipinski definition) is 1. The molecule has 0 aliphatic carbocycles. The van der Waals surface area contributed by atoms with E-state index in [2.05, 4.69) is 28.6 Å². The summed E-state index contributed by atoms with van der Waals surface area (Å²) >= 11 is 7.64. The van der Waals surface area contributed by atoms with E-state index < -0.39 is 0 Å². The van der Waals surface area contributed by atoms with Gasteiger partial charge in [-0.3, -0.25) is 0 Å². The van der Waals surface area contributed by atoms with E-state index in [-0.39, 0.29) is 0 Å². The van der Waals surface area contributed by atoms with E-state index in [1.165, 1.54) is 0 Å². The van der Waals surface area contributed by atoms with Crippen LogP contribution >= 0.6 is 28.6 Å². The zero-order chi connectivity index (χ0) is 8.43. The Bertz CT molecular complexity index is 273. The zero-order valence-electron chi connectivity index (χ0n) is 6.39. The standard InChI is InChI=1S/C8H9BrOS/c1-5-3-6(10-2)8(9)7(11)4-5/h3-4,11H,1-2H3. The smallest absolute Gasteiger partial charge is 0.134 e. The Labute approximate surface area is 80.3 Å². The number of halogens is 1. The van der Waals surface area contributed by atoms with Crippen molar-refractivity contribution in [2.45, 2.75) is 11.8 Å². The molecule has 0 radical (unpaired) electrons. The summed E-state index contributed by atoms with van der Waals surface area (Å²) in [5, 5.41) is 0. The number of aryl methyl sites for hydroxylation is 1. The molecule has 1 rings (SSSR count). The number of benzene rings is 1. The van der Waals surface area contributed by atoms with Gasteiger partial charge in [-0.1, -0.05) is 0 Å². The van der Waals surface area contributed by atoms with Crippen molar-refractivity contribution in [2.75, 3.05) is 7.11 Å². The summed E-state index contributed by atoms with van der Waals surface area (Å²) in [6, 6.07) is 3.94. The summed E-state index contributed by atoms with van der Waals surface area (Å²) in [6.45, 7) is 2.01. The van der Waals surface area contributed by atoms with Gasteiger partial charge in [0.15, 0.2) is 0 Å². The van der Waals surface area contributed by atoms with Crippen molar-refractivity contribution in [3.8, 4) is 5.75 Å². The highest BCUT2D eigenvalue weighted by Gasteiger charge is 2.03. The van der Waals surface area contributed by atoms with Gasteiger partial charge < -0.3 is 4.74 Å². The van der Waals surface area contributed by atoms with Crippen molar-refractivity contribution >= 4 is 28.6 Å². The average Bonchev–Trinajstić information content (AvgIpc) is 1.96. The van der Waals surface area contributed by atoms with E-state index in [1.807, 2.05) is 19.1 Å². The van der Waals surface area contributed by atoms with Crippen molar-refractivity contribution in [3.05, 3.63) is 22.2 Å². The Morgan fingerprint density at radius 1 is 1.45 bits per heavy atom. The lowest BCUT2D eigenvalue weighted by Crippen LogP contribution is -1.86. The fraction of sp³-hybridized carbons (Fsp3) is 0.250. The zero-order valence-corrected chi connectivity index (χ0v) is 8.87. The Kier molecular flexibility index (Phi) is 2.84. The number of hydrogen-bond acceptors (Lipinski definition) is 2. The molecule has 0 bridgehead atoms. The maximum absolute atomic E-state index is 5.11. The Morgan fingerprint density at radius 3 is 2.64 bits per heavy atom. The highest BCUT2D eigenvalue weighted by molar-refractivity contribution is 9.10. The monoisotopic (exact) mass is 232 g/mol. The van der Waals surface area contributed by atoms with Gasteiger partial charge in [0.05, 0.1) is 11.6 Å². The summed E-state index contributed by atoms with van der Waals surface area (Å²) in [6.07, 6.45) is 0. The lowest BCUT2D eigenvalue weighted by atomic mass is 10.2. The Balaban J connectivity index is 3.24. The van der Waals surface area contributed by atoms with Crippen LogP contribution in [0.1, 0.15) is 5.56 Å². The van der Waals surface area contributed by atoms with Crippen molar-refractivity contribution in [1.82, 2.24) is 0 Å². The first kappa shape index (κ1) is 8.94. The SMILES string of the molecule is COc1cc(C)cc(S)c1Br. The molecule has 0 saturated heterocycles. The minimum atomic E-state index is 0.829. The molecule has 0 atom stereocenters. The lowest BCUT2D eigenvalue weighted by molar-refractivity contribution is 0.410. The van der Waals surface area contributed by atoms with E-state index in [1.54, 1.807) is 7.11 Å². The summed E-state index contributed by atoms with van der Waals surface area (Å²) < 4.78 is 6.02. The molecule has 1 nitrogen and oxygen atoms in total. The number of ether oxygens (including phenoxy) is 1. The highest BCUT2D eigenvalue weighted by atomic mass is 79.9. The summed E-state index contributed by atoms with van der Waals surface area (Å²) in [5.74, 6) is 0.829. The molecule has 0 N–H and O–H groups in total. The molecule has 1 aromatic carbocycles. The van der Waals surface area contributed by atoms with Crippen LogP contribution in [0.5, 0.6) is 5.75 Å². The van der Waals surface area contributed by atoms with Crippen LogP contribution in [0, 0.1) is 6.92 Å². The van der Waals surface area contributed by atoms with E-state index in [0.717, 1.165) is 20.7 Å². The van der Waals surface area contributed by atoms with Crippen LogP contribution in [0.25, 0.3) is 0 Å². The molecule has 60 valence electrons. The molecule has 0 spiro atoms. The molecule has 0 amide bonds. The van der Waals surface area contributed by atoms with E-state index in [0.29, 0.717) is 0 Å². The topological polar surface area (TPSA) is 9.23 Å². The van der Waals surface area contributed by atoms with Crippen LogP contribution in [-0.2, 0) is 0 Å². The number of rotatable bonds is 1. The van der Waals surface area contributed by atoms with Crippen LogP contribution in [0.2, 0.25) is 0 Å². The summed E-state index contributed by atoms with van der Waals surface area (Å²) in [5.41, 5.74) is 1.15. The normalized spacial score (nSPS) is 9.82. The maximum atomic E-state index is 5.11. The van der Waals surface area contributed by atoms with Gasteiger partial charge >= 0.3 is 0 Å². The molecule has 0 heterocycles. The number of methoxy groups -OCH3 is 1.